The normalized spacial score (nSPS) is 16.5. The van der Waals surface area contributed by atoms with E-state index < -0.39 is 121 Å². The molecular formula is C44H81N19O10. The van der Waals surface area contributed by atoms with Gasteiger partial charge in [-0.2, -0.15) is 0 Å². The van der Waals surface area contributed by atoms with Gasteiger partial charge in [0.2, 0.25) is 53.2 Å². The van der Waals surface area contributed by atoms with E-state index in [9.17, 15) is 48.3 Å². The van der Waals surface area contributed by atoms with Crippen molar-refractivity contribution in [2.45, 2.75) is 151 Å². The van der Waals surface area contributed by atoms with Crippen LogP contribution in [-0.2, 0) is 49.6 Å². The van der Waals surface area contributed by atoms with Crippen molar-refractivity contribution in [1.29, 1.82) is 0 Å². The minimum Gasteiger partial charge on any atom is -0.389 e. The predicted molar refractivity (Wildman–Crippen MR) is 268 cm³/mol. The van der Waals surface area contributed by atoms with E-state index in [0.717, 1.165) is 0 Å². The van der Waals surface area contributed by atoms with Crippen molar-refractivity contribution in [3.8, 4) is 0 Å². The number of carbonyl (C=O) groups excluding carboxylic acids is 9. The van der Waals surface area contributed by atoms with Crippen molar-refractivity contribution in [3.05, 3.63) is 18.2 Å². The number of aliphatic imine (C=N–C) groups is 1. The van der Waals surface area contributed by atoms with E-state index in [1.807, 2.05) is 0 Å². The Morgan fingerprint density at radius 3 is 1.99 bits per heavy atom. The predicted octanol–water partition coefficient (Wildman–Crippen LogP) is -7.44. The molecule has 0 spiro atoms. The van der Waals surface area contributed by atoms with Crippen molar-refractivity contribution < 1.29 is 48.3 Å². The van der Waals surface area contributed by atoms with Crippen LogP contribution in [0.15, 0.2) is 17.5 Å². The minimum atomic E-state index is -1.56. The summed E-state index contributed by atoms with van der Waals surface area (Å²) in [4.78, 5) is 133. The molecule has 0 saturated carbocycles. The molecule has 1 aliphatic rings. The van der Waals surface area contributed by atoms with Gasteiger partial charge in [0.25, 0.3) is 0 Å². The summed E-state index contributed by atoms with van der Waals surface area (Å²) in [5, 5.41) is 28.2. The minimum absolute atomic E-state index is 0.0615. The highest BCUT2D eigenvalue weighted by Crippen LogP contribution is 2.20. The maximum Gasteiger partial charge on any atom is 0.245 e. The third-order valence-corrected chi connectivity index (χ3v) is 11.9. The smallest absolute Gasteiger partial charge is 0.245 e. The summed E-state index contributed by atoms with van der Waals surface area (Å²) in [6.45, 7) is 1.51. The number of primary amides is 1. The molecule has 73 heavy (non-hydrogen) atoms. The fraction of sp³-hybridized carbons (Fsp3) is 0.705. The molecule has 25 N–H and O–H groups in total. The van der Waals surface area contributed by atoms with Crippen molar-refractivity contribution in [2.24, 2.45) is 50.9 Å². The molecule has 1 aromatic heterocycles. The van der Waals surface area contributed by atoms with E-state index in [-0.39, 0.29) is 70.5 Å². The number of rotatable bonds is 36. The van der Waals surface area contributed by atoms with Crippen LogP contribution >= 0.6 is 0 Å². The molecule has 29 nitrogen and oxygen atoms in total. The number of nitrogens with one attached hydrogen (secondary N) is 8. The van der Waals surface area contributed by atoms with Crippen LogP contribution in [0.4, 0.5) is 0 Å². The first-order valence-corrected chi connectivity index (χ1v) is 24.7. The molecule has 1 aromatic rings. The van der Waals surface area contributed by atoms with Gasteiger partial charge in [0, 0.05) is 37.9 Å². The van der Waals surface area contributed by atoms with Gasteiger partial charge >= 0.3 is 0 Å². The number of amides is 9. The Morgan fingerprint density at radius 2 is 1.36 bits per heavy atom. The van der Waals surface area contributed by atoms with E-state index in [1.54, 1.807) is 0 Å². The topological polar surface area (TPSA) is 511 Å². The second-order valence-electron chi connectivity index (χ2n) is 17.8. The lowest BCUT2D eigenvalue weighted by Crippen LogP contribution is -2.60. The van der Waals surface area contributed by atoms with Crippen LogP contribution in [0.2, 0.25) is 0 Å². The largest absolute Gasteiger partial charge is 0.389 e. The Morgan fingerprint density at radius 1 is 0.726 bits per heavy atom. The van der Waals surface area contributed by atoms with Gasteiger partial charge in [-0.15, -0.1) is 0 Å². The van der Waals surface area contributed by atoms with E-state index in [2.05, 4.69) is 52.2 Å². The van der Waals surface area contributed by atoms with Gasteiger partial charge in [-0.1, -0.05) is 19.3 Å². The van der Waals surface area contributed by atoms with Crippen LogP contribution in [0.1, 0.15) is 96.1 Å². The highest BCUT2D eigenvalue weighted by Gasteiger charge is 2.40. The average Bonchev–Trinajstić information content (AvgIpc) is 4.08. The molecule has 0 aromatic carbocycles. The molecule has 0 radical (unpaired) electrons. The maximum atomic E-state index is 14.2. The molecule has 412 valence electrons. The first-order chi connectivity index (χ1) is 34.8. The third-order valence-electron chi connectivity index (χ3n) is 11.9. The molecule has 0 bridgehead atoms. The van der Waals surface area contributed by atoms with E-state index >= 15 is 0 Å². The monoisotopic (exact) mass is 1040 g/mol. The van der Waals surface area contributed by atoms with Crippen LogP contribution in [0, 0.1) is 0 Å². The SMILES string of the molecule is C[C@H](NC(=O)[C@@H](NC(=O)C(N)CCCCN)[C@@H](O)CN)C(=O)NCC(=O)N[C@H](CCCN)C(=O)N1CCC[C@H]1C(=O)N[C@@H](Cc1cnc[nH]1)C(=O)N[C@@H](CCCCCN)C(=O)N[C@H](CCCN=C(N)N)C(N)=O. The quantitative estimate of drug-likeness (QED) is 0.0169. The molecule has 1 aliphatic heterocycles. The summed E-state index contributed by atoms with van der Waals surface area (Å²) in [5.74, 6) is -6.99. The van der Waals surface area contributed by atoms with Gasteiger partial charge in [0.15, 0.2) is 5.96 Å². The number of nitrogens with two attached hydrogens (primary N) is 8. The van der Waals surface area contributed by atoms with E-state index in [1.165, 1.54) is 24.3 Å². The number of H-pyrrole nitrogens is 1. The lowest BCUT2D eigenvalue weighted by atomic mass is 10.0. The average molecular weight is 1040 g/mol. The van der Waals surface area contributed by atoms with Gasteiger partial charge in [-0.3, -0.25) is 48.1 Å². The van der Waals surface area contributed by atoms with Crippen molar-refractivity contribution in [1.82, 2.24) is 52.1 Å². The molecule has 29 heteroatoms. The number of nitrogens with zero attached hydrogens (tertiary/aromatic N) is 3. The first kappa shape index (κ1) is 62.6. The Balaban J connectivity index is 2.20. The van der Waals surface area contributed by atoms with Crippen molar-refractivity contribution in [3.63, 3.8) is 0 Å². The zero-order valence-corrected chi connectivity index (χ0v) is 41.8. The molecule has 9 atom stereocenters. The van der Waals surface area contributed by atoms with E-state index in [0.29, 0.717) is 63.7 Å². The van der Waals surface area contributed by atoms with Gasteiger partial charge < -0.3 is 98.1 Å². The fourth-order valence-electron chi connectivity index (χ4n) is 7.76. The molecule has 9 amide bonds. The number of unbranched alkanes of at least 4 members (excludes halogenated alkanes) is 3. The molecule has 1 fully saturated rings. The van der Waals surface area contributed by atoms with Crippen LogP contribution in [0.25, 0.3) is 0 Å². The standard InChI is InChI=1S/C44H81N19O10/c1-25(57-42(72)35(33(64)21-48)62-38(68)27(49)10-4-6-16-46)37(67)55-23-34(65)58-30(12-7-17-47)43(73)63-19-9-14-32(63)41(71)61-31(20-26-22-53-24-56-26)40(70)60-29(11-3-2-5-15-45)39(69)59-28(36(50)66)13-8-18-54-44(51)52/h22,24-25,27-33,35,64H,2-21,23,45-49H2,1H3,(H2,50,66)(H,53,56)(H,55,67)(H,57,72)(H,58,65)(H,59,69)(H,60,70)(H,61,71)(H,62,68)(H4,51,52,54)/t25-,27?,28+,29-,30+,31-,32-,33-,35-/m0/s1. The summed E-state index contributed by atoms with van der Waals surface area (Å²) in [7, 11) is 0. The van der Waals surface area contributed by atoms with Crippen LogP contribution in [0.3, 0.4) is 0 Å². The zero-order valence-electron chi connectivity index (χ0n) is 41.8. The summed E-state index contributed by atoms with van der Waals surface area (Å²) in [5.41, 5.74) is 45.2. The second kappa shape index (κ2) is 34.0. The van der Waals surface area contributed by atoms with E-state index in [4.69, 9.17) is 45.9 Å². The van der Waals surface area contributed by atoms with Crippen molar-refractivity contribution in [2.75, 3.05) is 45.8 Å². The molecule has 1 saturated heterocycles. The molecular weight excluding hydrogens is 955 g/mol. The lowest BCUT2D eigenvalue weighted by molar-refractivity contribution is -0.142. The fourth-order valence-corrected chi connectivity index (χ4v) is 7.76. The Hall–Kier alpha value is -6.53. The highest BCUT2D eigenvalue weighted by molar-refractivity contribution is 5.98. The summed E-state index contributed by atoms with van der Waals surface area (Å²) in [6.07, 6.45) is 5.92. The number of aliphatic hydroxyl groups excluding tert-OH is 1. The third kappa shape index (κ3) is 22.8. The number of carbonyl (C=O) groups is 9. The number of aromatic amines is 1. The first-order valence-electron chi connectivity index (χ1n) is 24.7. The number of aromatic nitrogens is 2. The maximum absolute atomic E-state index is 14.2. The summed E-state index contributed by atoms with van der Waals surface area (Å²) < 4.78 is 0. The Labute approximate surface area is 424 Å². The van der Waals surface area contributed by atoms with Crippen LogP contribution in [0.5, 0.6) is 0 Å². The number of hydrogen-bond donors (Lipinski definition) is 17. The van der Waals surface area contributed by atoms with Gasteiger partial charge in [0.1, 0.15) is 42.3 Å². The van der Waals surface area contributed by atoms with Gasteiger partial charge in [-0.25, -0.2) is 4.98 Å². The summed E-state index contributed by atoms with van der Waals surface area (Å²) >= 11 is 0. The Kier molecular flexibility index (Phi) is 29.1. The zero-order chi connectivity index (χ0) is 54.5. The van der Waals surface area contributed by atoms with Crippen LogP contribution in [-0.4, -0.2) is 179 Å². The number of guanidine groups is 1. The van der Waals surface area contributed by atoms with Crippen LogP contribution < -0.4 is 83.1 Å². The molecule has 1 unspecified atom stereocenters. The van der Waals surface area contributed by atoms with Gasteiger partial charge in [0.05, 0.1) is 25.0 Å². The number of imidazole rings is 1. The number of hydrogen-bond acceptors (Lipinski definition) is 17. The summed E-state index contributed by atoms with van der Waals surface area (Å²) in [6, 6.07) is -9.70. The second-order valence-corrected chi connectivity index (χ2v) is 17.8. The van der Waals surface area contributed by atoms with Crippen molar-refractivity contribution >= 4 is 59.1 Å². The highest BCUT2D eigenvalue weighted by atomic mass is 16.3. The van der Waals surface area contributed by atoms with Gasteiger partial charge in [-0.05, 0) is 90.8 Å². The number of aliphatic hydroxyl groups is 1. The number of likely N-dealkylation sites (tertiary alicyclic amines) is 1. The molecule has 2 rings (SSSR count). The molecule has 2 heterocycles. The molecule has 0 aliphatic carbocycles. The Bertz CT molecular complexity index is 1960. The lowest BCUT2D eigenvalue weighted by Gasteiger charge is -2.30.